The molecule has 0 radical (unpaired) electrons. The van der Waals surface area contributed by atoms with Crippen LogP contribution in [0.2, 0.25) is 0 Å². The first-order valence-electron chi connectivity index (χ1n) is 11.1. The van der Waals surface area contributed by atoms with Crippen molar-refractivity contribution >= 4 is 29.6 Å². The van der Waals surface area contributed by atoms with Crippen LogP contribution in [0.1, 0.15) is 60.5 Å². The zero-order valence-corrected chi connectivity index (χ0v) is 19.7. The van der Waals surface area contributed by atoms with Crippen molar-refractivity contribution in [1.82, 2.24) is 15.3 Å². The molecule has 2 rings (SSSR count). The van der Waals surface area contributed by atoms with Crippen molar-refractivity contribution < 1.29 is 29.0 Å². The number of aliphatic hydroxyl groups excluding tert-OH is 1. The molecule has 0 fully saturated rings. The second kappa shape index (κ2) is 13.1. The number of aromatic amines is 1. The Hall–Kier alpha value is -3.93. The molecule has 190 valence electrons. The lowest BCUT2D eigenvalue weighted by Crippen LogP contribution is -2.39. The molecule has 0 aliphatic rings. The van der Waals surface area contributed by atoms with Gasteiger partial charge in [-0.1, -0.05) is 12.1 Å². The predicted molar refractivity (Wildman–Crippen MR) is 127 cm³/mol. The quantitative estimate of drug-likeness (QED) is 0.208. The minimum Gasteiger partial charge on any atom is -0.466 e. The van der Waals surface area contributed by atoms with Gasteiger partial charge in [-0.25, -0.2) is 0 Å². The summed E-state index contributed by atoms with van der Waals surface area (Å²) in [5, 5.41) is 12.4. The van der Waals surface area contributed by atoms with Crippen molar-refractivity contribution in [3.63, 3.8) is 0 Å². The second-order valence-electron chi connectivity index (χ2n) is 7.91. The molecule has 2 atom stereocenters. The van der Waals surface area contributed by atoms with Crippen LogP contribution in [-0.4, -0.2) is 52.4 Å². The number of esters is 2. The van der Waals surface area contributed by atoms with Crippen LogP contribution in [0.5, 0.6) is 0 Å². The van der Waals surface area contributed by atoms with Crippen molar-refractivity contribution in [3.05, 3.63) is 51.3 Å². The Labute approximate surface area is 202 Å². The van der Waals surface area contributed by atoms with Crippen molar-refractivity contribution in [2.45, 2.75) is 51.7 Å². The van der Waals surface area contributed by atoms with Crippen LogP contribution in [0.4, 0.5) is 11.8 Å². The number of rotatable bonds is 12. The molecule has 1 amide bonds. The molecule has 1 aromatic carbocycles. The maximum atomic E-state index is 12.6. The topological polar surface area (TPSA) is 200 Å². The highest BCUT2D eigenvalue weighted by Crippen LogP contribution is 2.23. The fourth-order valence-corrected chi connectivity index (χ4v) is 3.47. The summed E-state index contributed by atoms with van der Waals surface area (Å²) in [6.07, 6.45) is 0.653. The van der Waals surface area contributed by atoms with Crippen LogP contribution in [-0.2, 0) is 25.5 Å². The minimum absolute atomic E-state index is 0.0192. The van der Waals surface area contributed by atoms with Gasteiger partial charge in [0.25, 0.3) is 11.5 Å². The molecule has 12 nitrogen and oxygen atoms in total. The number of carbonyl (C=O) groups excluding carboxylic acids is 3. The number of nitrogen functional groups attached to an aromatic ring is 2. The number of aromatic nitrogens is 2. The highest BCUT2D eigenvalue weighted by Gasteiger charge is 2.18. The highest BCUT2D eigenvalue weighted by atomic mass is 16.6. The fourth-order valence-electron chi connectivity index (χ4n) is 3.47. The van der Waals surface area contributed by atoms with Gasteiger partial charge >= 0.3 is 11.9 Å². The molecular formula is C23H31N5O7. The lowest BCUT2D eigenvalue weighted by Gasteiger charge is -2.19. The number of anilines is 2. The van der Waals surface area contributed by atoms with Crippen LogP contribution in [0.15, 0.2) is 29.1 Å². The Balaban J connectivity index is 1.97. The third-order valence-electron chi connectivity index (χ3n) is 5.20. The van der Waals surface area contributed by atoms with Crippen molar-refractivity contribution in [2.75, 3.05) is 24.7 Å². The Kier molecular flexibility index (Phi) is 10.2. The van der Waals surface area contributed by atoms with Crippen LogP contribution in [0, 0.1) is 0 Å². The lowest BCUT2D eigenvalue weighted by molar-refractivity contribution is -0.149. The van der Waals surface area contributed by atoms with Gasteiger partial charge in [-0.2, -0.15) is 4.98 Å². The summed E-state index contributed by atoms with van der Waals surface area (Å²) in [6.45, 7) is 2.32. The predicted octanol–water partition coefficient (Wildman–Crippen LogP) is 0.605. The molecule has 0 spiro atoms. The number of nitrogens with one attached hydrogen (secondary N) is 2. The molecule has 0 aliphatic heterocycles. The molecular weight excluding hydrogens is 458 g/mol. The summed E-state index contributed by atoms with van der Waals surface area (Å²) < 4.78 is 9.90. The number of amides is 1. The molecule has 0 aliphatic carbocycles. The Morgan fingerprint density at radius 3 is 2.37 bits per heavy atom. The third kappa shape index (κ3) is 8.74. The van der Waals surface area contributed by atoms with Crippen LogP contribution < -0.4 is 22.3 Å². The number of carbonyl (C=O) groups is 3. The van der Waals surface area contributed by atoms with Gasteiger partial charge in [-0.3, -0.25) is 24.2 Å². The normalized spacial score (nSPS) is 12.4. The number of nitrogens with zero attached hydrogens (tertiary/aromatic N) is 1. The standard InChI is InChI=1S/C23H31N5O7/c1-13(30)34-11-10-19(35-14(2)31)26-21(32)16-8-6-15(7-9-16)17(12-29)4-3-5-18-20(24)27-23(25)28-22(18)33/h6-9,17,19,29H,3-5,10-12H2,1-2H3,(H,26,32)(H5,24,25,27,28,33). The maximum absolute atomic E-state index is 12.6. The summed E-state index contributed by atoms with van der Waals surface area (Å²) in [4.78, 5) is 53.1. The minimum atomic E-state index is -0.956. The van der Waals surface area contributed by atoms with Crippen molar-refractivity contribution in [1.29, 1.82) is 0 Å². The Morgan fingerprint density at radius 2 is 1.80 bits per heavy atom. The molecule has 0 saturated heterocycles. The molecule has 1 heterocycles. The monoisotopic (exact) mass is 489 g/mol. The molecule has 2 aromatic rings. The van der Waals surface area contributed by atoms with Crippen LogP contribution >= 0.6 is 0 Å². The van der Waals surface area contributed by atoms with E-state index in [1.807, 2.05) is 0 Å². The van der Waals surface area contributed by atoms with E-state index in [4.69, 9.17) is 20.9 Å². The largest absolute Gasteiger partial charge is 0.466 e. The van der Waals surface area contributed by atoms with E-state index < -0.39 is 24.1 Å². The second-order valence-corrected chi connectivity index (χ2v) is 7.91. The van der Waals surface area contributed by atoms with Crippen LogP contribution in [0.3, 0.4) is 0 Å². The van der Waals surface area contributed by atoms with E-state index in [9.17, 15) is 24.3 Å². The van der Waals surface area contributed by atoms with Gasteiger partial charge in [0.05, 0.1) is 12.2 Å². The SMILES string of the molecule is CC(=O)OCCC(NC(=O)c1ccc(C(CO)CCCc2c(N)nc(N)[nH]c2=O)cc1)OC(C)=O. The molecule has 1 aromatic heterocycles. The number of benzene rings is 1. The van der Waals surface area contributed by atoms with Gasteiger partial charge in [0.1, 0.15) is 5.82 Å². The molecule has 7 N–H and O–H groups in total. The first kappa shape index (κ1) is 27.3. The van der Waals surface area contributed by atoms with Gasteiger partial charge in [-0.15, -0.1) is 0 Å². The summed E-state index contributed by atoms with van der Waals surface area (Å²) in [7, 11) is 0. The molecule has 2 unspecified atom stereocenters. The average molecular weight is 490 g/mol. The first-order chi connectivity index (χ1) is 16.6. The zero-order chi connectivity index (χ0) is 26.0. The number of hydrogen-bond acceptors (Lipinski definition) is 10. The lowest BCUT2D eigenvalue weighted by atomic mass is 9.92. The number of nitrogens with two attached hydrogens (primary N) is 2. The smallest absolute Gasteiger partial charge is 0.304 e. The van der Waals surface area contributed by atoms with Gasteiger partial charge in [0.2, 0.25) is 5.95 Å². The third-order valence-corrected chi connectivity index (χ3v) is 5.20. The summed E-state index contributed by atoms with van der Waals surface area (Å²) >= 11 is 0. The number of aliphatic hydroxyl groups is 1. The van der Waals surface area contributed by atoms with E-state index in [1.165, 1.54) is 13.8 Å². The first-order valence-corrected chi connectivity index (χ1v) is 11.1. The number of ether oxygens (including phenoxy) is 2. The van der Waals surface area contributed by atoms with E-state index in [1.54, 1.807) is 24.3 Å². The van der Waals surface area contributed by atoms with E-state index in [-0.39, 0.29) is 42.9 Å². The van der Waals surface area contributed by atoms with Crippen LogP contribution in [0.25, 0.3) is 0 Å². The van der Waals surface area contributed by atoms with E-state index in [0.717, 1.165) is 5.56 Å². The number of H-pyrrole nitrogens is 1. The van der Waals surface area contributed by atoms with Crippen molar-refractivity contribution in [2.24, 2.45) is 0 Å². The van der Waals surface area contributed by atoms with Gasteiger partial charge < -0.3 is 31.4 Å². The number of hydrogen-bond donors (Lipinski definition) is 5. The van der Waals surface area contributed by atoms with E-state index in [2.05, 4.69) is 15.3 Å². The Morgan fingerprint density at radius 1 is 1.11 bits per heavy atom. The average Bonchev–Trinajstić information content (AvgIpc) is 2.77. The Bertz CT molecular complexity index is 1080. The molecule has 0 saturated carbocycles. The van der Waals surface area contributed by atoms with E-state index >= 15 is 0 Å². The van der Waals surface area contributed by atoms with E-state index in [0.29, 0.717) is 30.4 Å². The summed E-state index contributed by atoms with van der Waals surface area (Å²) in [5.41, 5.74) is 12.3. The highest BCUT2D eigenvalue weighted by molar-refractivity contribution is 5.94. The molecule has 35 heavy (non-hydrogen) atoms. The fraction of sp³-hybridized carbons (Fsp3) is 0.435. The molecule has 12 heteroatoms. The van der Waals surface area contributed by atoms with Gasteiger partial charge in [0, 0.05) is 38.4 Å². The van der Waals surface area contributed by atoms with Gasteiger partial charge in [-0.05, 0) is 37.0 Å². The summed E-state index contributed by atoms with van der Waals surface area (Å²) in [6, 6.07) is 6.64. The molecule has 0 bridgehead atoms. The zero-order valence-electron chi connectivity index (χ0n) is 19.7. The van der Waals surface area contributed by atoms with Gasteiger partial charge in [0.15, 0.2) is 6.23 Å². The summed E-state index contributed by atoms with van der Waals surface area (Å²) in [5.74, 6) is -1.72. The maximum Gasteiger partial charge on any atom is 0.304 e. The van der Waals surface area contributed by atoms with Crippen molar-refractivity contribution in [3.8, 4) is 0 Å².